The summed E-state index contributed by atoms with van der Waals surface area (Å²) in [7, 11) is 0. The zero-order valence-electron chi connectivity index (χ0n) is 13.0. The van der Waals surface area contributed by atoms with Crippen molar-refractivity contribution in [2.45, 2.75) is 19.6 Å². The van der Waals surface area contributed by atoms with E-state index in [0.29, 0.717) is 11.6 Å². The van der Waals surface area contributed by atoms with Gasteiger partial charge < -0.3 is 5.32 Å². The standard InChI is InChI=1S/C17H12F5N3/c1-9-24-15-13(6-12(18)7-14(15)19)16(25-9)23-8-10-3-2-4-11(5-10)17(20,21)22/h2-7H,8H2,1H3,(H,23,24,25). The predicted octanol–water partition coefficient (Wildman–Crippen LogP) is 4.85. The smallest absolute Gasteiger partial charge is 0.365 e. The second-order valence-electron chi connectivity index (χ2n) is 5.45. The number of aryl methyl sites for hydroxylation is 1. The zero-order valence-corrected chi connectivity index (χ0v) is 13.0. The lowest BCUT2D eigenvalue weighted by Gasteiger charge is -2.12. The highest BCUT2D eigenvalue weighted by Crippen LogP contribution is 2.30. The van der Waals surface area contributed by atoms with Crippen LogP contribution in [0.5, 0.6) is 0 Å². The Hall–Kier alpha value is -2.77. The lowest BCUT2D eigenvalue weighted by molar-refractivity contribution is -0.137. The van der Waals surface area contributed by atoms with Crippen molar-refractivity contribution in [3.05, 3.63) is 65.0 Å². The summed E-state index contributed by atoms with van der Waals surface area (Å²) in [6.07, 6.45) is -4.44. The van der Waals surface area contributed by atoms with Gasteiger partial charge in [-0.1, -0.05) is 12.1 Å². The first-order valence-corrected chi connectivity index (χ1v) is 7.27. The van der Waals surface area contributed by atoms with Crippen LogP contribution in [-0.4, -0.2) is 9.97 Å². The Kier molecular flexibility index (Phi) is 4.28. The second kappa shape index (κ2) is 6.27. The maximum absolute atomic E-state index is 13.9. The molecule has 2 aromatic carbocycles. The van der Waals surface area contributed by atoms with Gasteiger partial charge in [-0.3, -0.25) is 0 Å². The van der Waals surface area contributed by atoms with Crippen molar-refractivity contribution in [3.8, 4) is 0 Å². The molecule has 0 bridgehead atoms. The van der Waals surface area contributed by atoms with E-state index >= 15 is 0 Å². The van der Waals surface area contributed by atoms with Gasteiger partial charge in [0.2, 0.25) is 0 Å². The SMILES string of the molecule is Cc1nc(NCc2cccc(C(F)(F)F)c2)c2cc(F)cc(F)c2n1. The van der Waals surface area contributed by atoms with Crippen molar-refractivity contribution in [2.75, 3.05) is 5.32 Å². The quantitative estimate of drug-likeness (QED) is 0.684. The Morgan fingerprint density at radius 2 is 1.80 bits per heavy atom. The Labute approximate surface area is 139 Å². The van der Waals surface area contributed by atoms with Crippen LogP contribution in [0.25, 0.3) is 10.9 Å². The summed E-state index contributed by atoms with van der Waals surface area (Å²) in [6.45, 7) is 1.55. The third-order valence-electron chi connectivity index (χ3n) is 3.54. The van der Waals surface area contributed by atoms with Gasteiger partial charge in [0, 0.05) is 18.0 Å². The number of alkyl halides is 3. The fourth-order valence-corrected chi connectivity index (χ4v) is 2.45. The summed E-state index contributed by atoms with van der Waals surface area (Å²) >= 11 is 0. The van der Waals surface area contributed by atoms with Crippen LogP contribution in [0.1, 0.15) is 17.0 Å². The molecular weight excluding hydrogens is 341 g/mol. The van der Waals surface area contributed by atoms with Crippen LogP contribution in [0, 0.1) is 18.6 Å². The summed E-state index contributed by atoms with van der Waals surface area (Å²) < 4.78 is 65.6. The number of anilines is 1. The van der Waals surface area contributed by atoms with Gasteiger partial charge >= 0.3 is 6.18 Å². The van der Waals surface area contributed by atoms with Gasteiger partial charge in [-0.05, 0) is 30.7 Å². The minimum Gasteiger partial charge on any atom is -0.365 e. The normalized spacial score (nSPS) is 11.8. The van der Waals surface area contributed by atoms with E-state index in [4.69, 9.17) is 0 Å². The second-order valence-corrected chi connectivity index (χ2v) is 5.45. The number of halogens is 5. The summed E-state index contributed by atoms with van der Waals surface area (Å²) in [5.41, 5.74) is -0.468. The maximum Gasteiger partial charge on any atom is 0.416 e. The molecule has 0 saturated carbocycles. The monoisotopic (exact) mass is 353 g/mol. The zero-order chi connectivity index (χ0) is 18.2. The van der Waals surface area contributed by atoms with Gasteiger partial charge in [-0.2, -0.15) is 13.2 Å². The van der Waals surface area contributed by atoms with Crippen LogP contribution in [0.4, 0.5) is 27.8 Å². The molecule has 8 heteroatoms. The number of aromatic nitrogens is 2. The van der Waals surface area contributed by atoms with Crippen molar-refractivity contribution in [2.24, 2.45) is 0 Å². The number of hydrogen-bond donors (Lipinski definition) is 1. The van der Waals surface area contributed by atoms with Crippen molar-refractivity contribution < 1.29 is 22.0 Å². The number of rotatable bonds is 3. The van der Waals surface area contributed by atoms with E-state index < -0.39 is 23.4 Å². The van der Waals surface area contributed by atoms with Crippen LogP contribution in [0.3, 0.4) is 0 Å². The average Bonchev–Trinajstić information content (AvgIpc) is 2.53. The first-order chi connectivity index (χ1) is 11.7. The van der Waals surface area contributed by atoms with Crippen LogP contribution in [-0.2, 0) is 12.7 Å². The number of benzene rings is 2. The number of nitrogens with zero attached hydrogens (tertiary/aromatic N) is 2. The molecule has 0 spiro atoms. The van der Waals surface area contributed by atoms with Gasteiger partial charge in [-0.25, -0.2) is 18.7 Å². The molecule has 25 heavy (non-hydrogen) atoms. The van der Waals surface area contributed by atoms with Crippen molar-refractivity contribution in [1.82, 2.24) is 9.97 Å². The van der Waals surface area contributed by atoms with Gasteiger partial charge in [0.1, 0.15) is 23.0 Å². The molecule has 1 aromatic heterocycles. The Morgan fingerprint density at radius 3 is 2.52 bits per heavy atom. The third kappa shape index (κ3) is 3.67. The van der Waals surface area contributed by atoms with E-state index in [2.05, 4.69) is 15.3 Å². The minimum absolute atomic E-state index is 0.00755. The fourth-order valence-electron chi connectivity index (χ4n) is 2.45. The van der Waals surface area contributed by atoms with Gasteiger partial charge in [0.25, 0.3) is 0 Å². The molecular formula is C17H12F5N3. The molecule has 3 rings (SSSR count). The maximum atomic E-state index is 13.9. The number of nitrogens with one attached hydrogen (secondary N) is 1. The number of hydrogen-bond acceptors (Lipinski definition) is 3. The van der Waals surface area contributed by atoms with Crippen LogP contribution < -0.4 is 5.32 Å². The van der Waals surface area contributed by atoms with Crippen LogP contribution in [0.15, 0.2) is 36.4 Å². The van der Waals surface area contributed by atoms with Crippen LogP contribution in [0.2, 0.25) is 0 Å². The molecule has 0 atom stereocenters. The molecule has 3 aromatic rings. The molecule has 1 heterocycles. The van der Waals surface area contributed by atoms with E-state index in [9.17, 15) is 22.0 Å². The summed E-state index contributed by atoms with van der Waals surface area (Å²) in [4.78, 5) is 8.03. The molecule has 0 aliphatic rings. The molecule has 130 valence electrons. The Bertz CT molecular complexity index is 937. The summed E-state index contributed by atoms with van der Waals surface area (Å²) in [5.74, 6) is -1.22. The largest absolute Gasteiger partial charge is 0.416 e. The van der Waals surface area contributed by atoms with E-state index in [1.807, 2.05) is 0 Å². The first-order valence-electron chi connectivity index (χ1n) is 7.27. The molecule has 0 radical (unpaired) electrons. The van der Waals surface area contributed by atoms with Gasteiger partial charge in [0.05, 0.1) is 5.56 Å². The van der Waals surface area contributed by atoms with Crippen molar-refractivity contribution >= 4 is 16.7 Å². The Balaban J connectivity index is 1.94. The molecule has 0 aliphatic carbocycles. The highest BCUT2D eigenvalue weighted by atomic mass is 19.4. The van der Waals surface area contributed by atoms with Gasteiger partial charge in [-0.15, -0.1) is 0 Å². The highest BCUT2D eigenvalue weighted by Gasteiger charge is 2.30. The molecule has 0 aliphatic heterocycles. The van der Waals surface area contributed by atoms with Gasteiger partial charge in [0.15, 0.2) is 5.82 Å². The Morgan fingerprint density at radius 1 is 1.04 bits per heavy atom. The lowest BCUT2D eigenvalue weighted by atomic mass is 10.1. The molecule has 1 N–H and O–H groups in total. The highest BCUT2D eigenvalue weighted by molar-refractivity contribution is 5.89. The minimum atomic E-state index is -4.44. The average molecular weight is 353 g/mol. The van der Waals surface area contributed by atoms with E-state index in [1.54, 1.807) is 0 Å². The third-order valence-corrected chi connectivity index (χ3v) is 3.54. The molecule has 0 fully saturated rings. The summed E-state index contributed by atoms with van der Waals surface area (Å²) in [6, 6.07) is 6.57. The van der Waals surface area contributed by atoms with E-state index in [-0.39, 0.29) is 29.1 Å². The molecule has 0 unspecified atom stereocenters. The van der Waals surface area contributed by atoms with E-state index in [0.717, 1.165) is 18.2 Å². The van der Waals surface area contributed by atoms with Crippen LogP contribution >= 0.6 is 0 Å². The topological polar surface area (TPSA) is 37.8 Å². The number of fused-ring (bicyclic) bond motifs is 1. The summed E-state index contributed by atoms with van der Waals surface area (Å²) in [5, 5.41) is 2.95. The lowest BCUT2D eigenvalue weighted by Crippen LogP contribution is -2.08. The van der Waals surface area contributed by atoms with Crippen molar-refractivity contribution in [3.63, 3.8) is 0 Å². The predicted molar refractivity (Wildman–Crippen MR) is 83.0 cm³/mol. The molecule has 0 amide bonds. The fraction of sp³-hybridized carbons (Fsp3) is 0.176. The molecule has 0 saturated heterocycles. The van der Waals surface area contributed by atoms with Crippen molar-refractivity contribution in [1.29, 1.82) is 0 Å². The first kappa shape index (κ1) is 17.1. The van der Waals surface area contributed by atoms with E-state index in [1.165, 1.54) is 19.1 Å². The molecule has 3 nitrogen and oxygen atoms in total.